The Morgan fingerprint density at radius 3 is 2.58 bits per heavy atom. The van der Waals surface area contributed by atoms with E-state index in [4.69, 9.17) is 0 Å². The second-order valence-electron chi connectivity index (χ2n) is 6.30. The Kier molecular flexibility index (Phi) is 6.12. The molecule has 1 N–H and O–H groups in total. The first-order chi connectivity index (χ1) is 11.4. The van der Waals surface area contributed by atoms with Crippen LogP contribution in [0, 0.1) is 0 Å². The first-order valence-corrected chi connectivity index (χ1v) is 9.67. The summed E-state index contributed by atoms with van der Waals surface area (Å²) in [7, 11) is -3.49. The number of carbonyl (C=O) groups is 2. The molecule has 1 unspecified atom stereocenters. The van der Waals surface area contributed by atoms with Crippen LogP contribution in [0.4, 0.5) is 0 Å². The van der Waals surface area contributed by atoms with Gasteiger partial charge < -0.3 is 10.1 Å². The Labute approximate surface area is 143 Å². The average molecular weight is 352 g/mol. The molecule has 1 heterocycles. The number of aldehydes is 1. The topological polar surface area (TPSA) is 83.6 Å². The maximum Gasteiger partial charge on any atom is 0.239 e. The molecule has 132 valence electrons. The van der Waals surface area contributed by atoms with Crippen LogP contribution < -0.4 is 5.32 Å². The molecule has 1 aliphatic rings. The fourth-order valence-corrected chi connectivity index (χ4v) is 4.34. The van der Waals surface area contributed by atoms with Crippen molar-refractivity contribution in [3.63, 3.8) is 0 Å². The summed E-state index contributed by atoms with van der Waals surface area (Å²) in [6, 6.07) is 7.99. The quantitative estimate of drug-likeness (QED) is 0.745. The molecule has 1 aromatic carbocycles. The van der Waals surface area contributed by atoms with E-state index in [1.807, 2.05) is 30.3 Å². The number of benzene rings is 1. The summed E-state index contributed by atoms with van der Waals surface area (Å²) in [6.07, 6.45) is 2.21. The molecule has 0 radical (unpaired) electrons. The van der Waals surface area contributed by atoms with Gasteiger partial charge in [0.05, 0.1) is 11.3 Å². The minimum atomic E-state index is -3.49. The van der Waals surface area contributed by atoms with E-state index in [1.54, 1.807) is 13.8 Å². The monoisotopic (exact) mass is 352 g/mol. The van der Waals surface area contributed by atoms with Crippen LogP contribution in [0.2, 0.25) is 0 Å². The van der Waals surface area contributed by atoms with Crippen molar-refractivity contribution in [3.05, 3.63) is 35.9 Å². The van der Waals surface area contributed by atoms with Gasteiger partial charge >= 0.3 is 0 Å². The van der Waals surface area contributed by atoms with E-state index in [0.29, 0.717) is 32.1 Å². The van der Waals surface area contributed by atoms with Crippen LogP contribution in [0.3, 0.4) is 0 Å². The first kappa shape index (κ1) is 18.6. The van der Waals surface area contributed by atoms with Crippen molar-refractivity contribution in [3.8, 4) is 0 Å². The second kappa shape index (κ2) is 7.90. The average Bonchev–Trinajstić information content (AvgIpc) is 3.05. The predicted molar refractivity (Wildman–Crippen MR) is 91.9 cm³/mol. The molecule has 0 spiro atoms. The van der Waals surface area contributed by atoms with Gasteiger partial charge in [-0.1, -0.05) is 30.3 Å². The normalized spacial score (nSPS) is 20.0. The molecule has 6 nitrogen and oxygen atoms in total. The second-order valence-corrected chi connectivity index (χ2v) is 8.75. The zero-order chi connectivity index (χ0) is 17.7. The zero-order valence-electron chi connectivity index (χ0n) is 14.0. The van der Waals surface area contributed by atoms with Gasteiger partial charge in [-0.25, -0.2) is 8.42 Å². The number of amides is 1. The van der Waals surface area contributed by atoms with Gasteiger partial charge in [-0.15, -0.1) is 0 Å². The molecule has 2 rings (SSSR count). The van der Waals surface area contributed by atoms with E-state index in [1.165, 1.54) is 4.31 Å². The predicted octanol–water partition coefficient (Wildman–Crippen LogP) is 1.12. The van der Waals surface area contributed by atoms with Crippen molar-refractivity contribution in [2.24, 2.45) is 0 Å². The maximum atomic E-state index is 12.5. The van der Waals surface area contributed by atoms with E-state index in [2.05, 4.69) is 5.32 Å². The van der Waals surface area contributed by atoms with Gasteiger partial charge in [0, 0.05) is 6.54 Å². The van der Waals surface area contributed by atoms with Crippen LogP contribution in [0.5, 0.6) is 0 Å². The highest BCUT2D eigenvalue weighted by molar-refractivity contribution is 7.89. The largest absolute Gasteiger partial charge is 0.345 e. The molecule has 2 atom stereocenters. The van der Waals surface area contributed by atoms with E-state index >= 15 is 0 Å². The molecule has 0 saturated carbocycles. The maximum absolute atomic E-state index is 12.5. The molecular weight excluding hydrogens is 328 g/mol. The van der Waals surface area contributed by atoms with Gasteiger partial charge in [-0.05, 0) is 38.7 Å². The smallest absolute Gasteiger partial charge is 0.239 e. The van der Waals surface area contributed by atoms with Crippen molar-refractivity contribution in [1.82, 2.24) is 9.62 Å². The first-order valence-electron chi connectivity index (χ1n) is 8.16. The van der Waals surface area contributed by atoms with Crippen molar-refractivity contribution >= 4 is 22.2 Å². The summed E-state index contributed by atoms with van der Waals surface area (Å²) >= 11 is 0. The van der Waals surface area contributed by atoms with E-state index in [-0.39, 0.29) is 0 Å². The van der Waals surface area contributed by atoms with Gasteiger partial charge in [-0.2, -0.15) is 4.31 Å². The van der Waals surface area contributed by atoms with Crippen LogP contribution in [0.15, 0.2) is 30.3 Å². The van der Waals surface area contributed by atoms with Crippen LogP contribution in [0.25, 0.3) is 0 Å². The third-order valence-corrected chi connectivity index (χ3v) is 6.50. The summed E-state index contributed by atoms with van der Waals surface area (Å²) in [5, 5.41) is 2.11. The number of nitrogens with one attached hydrogen (secondary N) is 1. The zero-order valence-corrected chi connectivity index (χ0v) is 14.8. The summed E-state index contributed by atoms with van der Waals surface area (Å²) in [5.74, 6) is -0.398. The summed E-state index contributed by atoms with van der Waals surface area (Å²) in [6.45, 7) is 3.56. The lowest BCUT2D eigenvalue weighted by Gasteiger charge is -2.26. The molecule has 1 fully saturated rings. The molecule has 7 heteroatoms. The van der Waals surface area contributed by atoms with Crippen LogP contribution in [-0.2, 0) is 26.0 Å². The van der Waals surface area contributed by atoms with Crippen LogP contribution in [-0.4, -0.2) is 48.8 Å². The molecule has 1 aromatic rings. The number of sulfonamides is 1. The highest BCUT2D eigenvalue weighted by Crippen LogP contribution is 2.23. The van der Waals surface area contributed by atoms with Crippen molar-refractivity contribution < 1.29 is 18.0 Å². The molecular formula is C17H24N2O4S. The fraction of sp³-hybridized carbons (Fsp3) is 0.529. The van der Waals surface area contributed by atoms with Crippen molar-refractivity contribution in [2.45, 2.75) is 50.4 Å². The number of hydrogen-bond donors (Lipinski definition) is 1. The molecule has 24 heavy (non-hydrogen) atoms. The van der Waals surface area contributed by atoms with Gasteiger partial charge in [0.25, 0.3) is 0 Å². The molecule has 0 aromatic heterocycles. The summed E-state index contributed by atoms with van der Waals surface area (Å²) in [4.78, 5) is 23.8. The minimum Gasteiger partial charge on any atom is -0.345 e. The molecule has 1 aliphatic heterocycles. The molecule has 0 bridgehead atoms. The number of rotatable bonds is 7. The van der Waals surface area contributed by atoms with Gasteiger partial charge in [0.1, 0.15) is 12.3 Å². The summed E-state index contributed by atoms with van der Waals surface area (Å²) < 4.78 is 26.0. The van der Waals surface area contributed by atoms with Crippen LogP contribution in [0.1, 0.15) is 32.3 Å². The van der Waals surface area contributed by atoms with E-state index in [9.17, 15) is 18.0 Å². The van der Waals surface area contributed by atoms with E-state index < -0.39 is 33.3 Å². The Morgan fingerprint density at radius 2 is 2.00 bits per heavy atom. The van der Waals surface area contributed by atoms with Gasteiger partial charge in [-0.3, -0.25) is 4.79 Å². The number of nitrogens with zero attached hydrogens (tertiary/aromatic N) is 1. The Morgan fingerprint density at radius 1 is 1.33 bits per heavy atom. The van der Waals surface area contributed by atoms with Crippen molar-refractivity contribution in [2.75, 3.05) is 6.54 Å². The SMILES string of the molecule is CC(C)S(=O)(=O)N1CCC[C@@H]1C(=O)NC(C=O)Cc1ccccc1. The van der Waals surface area contributed by atoms with E-state index in [0.717, 1.165) is 5.56 Å². The van der Waals surface area contributed by atoms with Crippen LogP contribution >= 0.6 is 0 Å². The Balaban J connectivity index is 2.06. The Bertz CT molecular complexity index is 673. The fourth-order valence-electron chi connectivity index (χ4n) is 2.86. The lowest BCUT2D eigenvalue weighted by atomic mass is 10.1. The lowest BCUT2D eigenvalue weighted by Crippen LogP contribution is -2.51. The Hall–Kier alpha value is -1.73. The standard InChI is InChI=1S/C17H24N2O4S/c1-13(2)24(22,23)19-10-6-9-16(19)17(21)18-15(12-20)11-14-7-4-3-5-8-14/h3-5,7-8,12-13,15-16H,6,9-11H2,1-2H3,(H,18,21)/t15?,16-/m1/s1. The van der Waals surface area contributed by atoms with Crippen molar-refractivity contribution in [1.29, 1.82) is 0 Å². The summed E-state index contributed by atoms with van der Waals surface area (Å²) in [5.41, 5.74) is 0.938. The van der Waals surface area contributed by atoms with Gasteiger partial charge in [0.2, 0.25) is 15.9 Å². The molecule has 0 aliphatic carbocycles. The third kappa shape index (κ3) is 4.21. The highest BCUT2D eigenvalue weighted by atomic mass is 32.2. The third-order valence-electron chi connectivity index (χ3n) is 4.22. The van der Waals surface area contributed by atoms with Gasteiger partial charge in [0.15, 0.2) is 0 Å². The minimum absolute atomic E-state index is 0.350. The number of hydrogen-bond acceptors (Lipinski definition) is 4. The highest BCUT2D eigenvalue weighted by Gasteiger charge is 2.40. The molecule has 1 saturated heterocycles. The lowest BCUT2D eigenvalue weighted by molar-refractivity contribution is -0.126. The molecule has 1 amide bonds. The number of carbonyl (C=O) groups excluding carboxylic acids is 2.